The normalized spacial score (nSPS) is 20.7. The topological polar surface area (TPSA) is 87.9 Å². The van der Waals surface area contributed by atoms with Crippen molar-refractivity contribution in [2.45, 2.75) is 38.6 Å². The lowest BCUT2D eigenvalue weighted by Gasteiger charge is -2.41. The number of rotatable bonds is 5. The Hall–Kier alpha value is -0.860. The average molecular weight is 336 g/mol. The van der Waals surface area contributed by atoms with E-state index in [1.807, 2.05) is 13.8 Å². The second kappa shape index (κ2) is 6.10. The fourth-order valence-corrected chi connectivity index (χ4v) is 2.75. The summed E-state index contributed by atoms with van der Waals surface area (Å²) in [5.74, 6) is -0.204. The fourth-order valence-electron chi connectivity index (χ4n) is 2.25. The van der Waals surface area contributed by atoms with E-state index < -0.39 is 22.2 Å². The Morgan fingerprint density at radius 1 is 1.38 bits per heavy atom. The standard InChI is InChI=1S/C13H18ClNO5S/c1-3-13(4-2)19-11-6-5-9(14)7-10(11)12(20-13)8-18-21(15,16)17/h5-7,12H,3-4,8H2,1-2H3,(H2,15,16,17)/t12-/m0/s1. The molecule has 0 fully saturated rings. The molecule has 1 atom stereocenters. The molecule has 0 amide bonds. The fraction of sp³-hybridized carbons (Fsp3) is 0.538. The Kier molecular flexibility index (Phi) is 4.79. The monoisotopic (exact) mass is 335 g/mol. The van der Waals surface area contributed by atoms with Gasteiger partial charge in [0.15, 0.2) is 0 Å². The molecule has 6 nitrogen and oxygen atoms in total. The van der Waals surface area contributed by atoms with Crippen LogP contribution in [0.5, 0.6) is 5.75 Å². The molecule has 118 valence electrons. The quantitative estimate of drug-likeness (QED) is 0.893. The number of ether oxygens (including phenoxy) is 2. The van der Waals surface area contributed by atoms with Gasteiger partial charge in [0.2, 0.25) is 5.79 Å². The first-order valence-electron chi connectivity index (χ1n) is 6.62. The van der Waals surface area contributed by atoms with Crippen molar-refractivity contribution in [1.29, 1.82) is 0 Å². The van der Waals surface area contributed by atoms with Crippen LogP contribution in [0.15, 0.2) is 18.2 Å². The Balaban J connectivity index is 2.35. The van der Waals surface area contributed by atoms with E-state index in [0.29, 0.717) is 29.2 Å². The third-order valence-electron chi connectivity index (χ3n) is 3.43. The maximum Gasteiger partial charge on any atom is 0.333 e. The van der Waals surface area contributed by atoms with Gasteiger partial charge in [0.25, 0.3) is 0 Å². The van der Waals surface area contributed by atoms with Crippen molar-refractivity contribution in [2.24, 2.45) is 5.14 Å². The van der Waals surface area contributed by atoms with Crippen LogP contribution in [-0.4, -0.2) is 20.8 Å². The molecule has 8 heteroatoms. The molecule has 0 aliphatic carbocycles. The van der Waals surface area contributed by atoms with Gasteiger partial charge in [-0.1, -0.05) is 25.4 Å². The molecule has 21 heavy (non-hydrogen) atoms. The number of benzene rings is 1. The van der Waals surface area contributed by atoms with Gasteiger partial charge in [-0.2, -0.15) is 8.42 Å². The first-order valence-corrected chi connectivity index (χ1v) is 8.47. The third kappa shape index (κ3) is 3.87. The molecule has 2 N–H and O–H groups in total. The molecule has 0 unspecified atom stereocenters. The Labute approximate surface area is 129 Å². The second-order valence-corrected chi connectivity index (χ2v) is 6.44. The molecule has 0 saturated carbocycles. The summed E-state index contributed by atoms with van der Waals surface area (Å²) in [6, 6.07) is 5.12. The minimum absolute atomic E-state index is 0.225. The first-order chi connectivity index (χ1) is 9.78. The van der Waals surface area contributed by atoms with Gasteiger partial charge < -0.3 is 9.47 Å². The Bertz CT molecular complexity index is 615. The van der Waals surface area contributed by atoms with E-state index in [1.165, 1.54) is 0 Å². The van der Waals surface area contributed by atoms with E-state index in [4.69, 9.17) is 26.2 Å². The summed E-state index contributed by atoms with van der Waals surface area (Å²) in [7, 11) is -4.04. The molecule has 0 saturated heterocycles. The molecule has 1 aliphatic rings. The minimum Gasteiger partial charge on any atom is -0.462 e. The van der Waals surface area contributed by atoms with E-state index >= 15 is 0 Å². The van der Waals surface area contributed by atoms with Crippen LogP contribution in [0.3, 0.4) is 0 Å². The van der Waals surface area contributed by atoms with Gasteiger partial charge in [-0.3, -0.25) is 4.18 Å². The predicted molar refractivity (Wildman–Crippen MR) is 78.3 cm³/mol. The lowest BCUT2D eigenvalue weighted by atomic mass is 10.0. The molecule has 0 spiro atoms. The lowest BCUT2D eigenvalue weighted by molar-refractivity contribution is -0.238. The van der Waals surface area contributed by atoms with Crippen LogP contribution in [0.4, 0.5) is 0 Å². The molecule has 0 aromatic heterocycles. The van der Waals surface area contributed by atoms with Crippen molar-refractivity contribution in [3.05, 3.63) is 28.8 Å². The van der Waals surface area contributed by atoms with E-state index in [0.717, 1.165) is 0 Å². The van der Waals surface area contributed by atoms with Crippen molar-refractivity contribution in [3.8, 4) is 5.75 Å². The lowest BCUT2D eigenvalue weighted by Crippen LogP contribution is -2.43. The highest BCUT2D eigenvalue weighted by Gasteiger charge is 2.40. The van der Waals surface area contributed by atoms with Crippen LogP contribution < -0.4 is 9.88 Å². The summed E-state index contributed by atoms with van der Waals surface area (Å²) in [4.78, 5) is 0. The molecule has 0 bridgehead atoms. The minimum atomic E-state index is -4.04. The summed E-state index contributed by atoms with van der Waals surface area (Å²) < 4.78 is 38.5. The second-order valence-electron chi connectivity index (χ2n) is 4.79. The van der Waals surface area contributed by atoms with Gasteiger partial charge in [-0.05, 0) is 18.2 Å². The summed E-state index contributed by atoms with van der Waals surface area (Å²) in [6.45, 7) is 3.64. The van der Waals surface area contributed by atoms with Crippen molar-refractivity contribution >= 4 is 21.9 Å². The van der Waals surface area contributed by atoms with Crippen molar-refractivity contribution in [1.82, 2.24) is 0 Å². The number of hydrogen-bond acceptors (Lipinski definition) is 5. The van der Waals surface area contributed by atoms with E-state index in [-0.39, 0.29) is 6.61 Å². The third-order valence-corrected chi connectivity index (χ3v) is 4.13. The van der Waals surface area contributed by atoms with Crippen LogP contribution >= 0.6 is 11.6 Å². The summed E-state index contributed by atoms with van der Waals surface area (Å²) >= 11 is 5.98. The van der Waals surface area contributed by atoms with Crippen LogP contribution in [0.2, 0.25) is 5.02 Å². The van der Waals surface area contributed by atoms with Gasteiger partial charge in [0.05, 0.1) is 6.61 Å². The predicted octanol–water partition coefficient (Wildman–Crippen LogP) is 2.53. The van der Waals surface area contributed by atoms with Crippen LogP contribution in [0.25, 0.3) is 0 Å². The average Bonchev–Trinajstić information content (AvgIpc) is 2.44. The van der Waals surface area contributed by atoms with Gasteiger partial charge in [0.1, 0.15) is 11.9 Å². The molecule has 1 aromatic rings. The number of halogens is 1. The van der Waals surface area contributed by atoms with Crippen molar-refractivity contribution in [3.63, 3.8) is 0 Å². The highest BCUT2D eigenvalue weighted by molar-refractivity contribution is 7.84. The van der Waals surface area contributed by atoms with Crippen LogP contribution in [-0.2, 0) is 19.2 Å². The van der Waals surface area contributed by atoms with Crippen LogP contribution in [0.1, 0.15) is 38.4 Å². The number of hydrogen-bond donors (Lipinski definition) is 1. The number of fused-ring (bicyclic) bond motifs is 1. The zero-order valence-corrected chi connectivity index (χ0v) is 13.4. The molecule has 2 rings (SSSR count). The SMILES string of the molecule is CCC1(CC)Oc2ccc(Cl)cc2[C@H](COS(N)(=O)=O)O1. The number of nitrogens with two attached hydrogens (primary N) is 1. The van der Waals surface area contributed by atoms with E-state index in [1.54, 1.807) is 18.2 Å². The molecular weight excluding hydrogens is 318 g/mol. The highest BCUT2D eigenvalue weighted by atomic mass is 35.5. The molecule has 1 aliphatic heterocycles. The molecule has 1 heterocycles. The molecule has 1 aromatic carbocycles. The zero-order chi connectivity index (χ0) is 15.7. The van der Waals surface area contributed by atoms with Gasteiger partial charge >= 0.3 is 10.3 Å². The Morgan fingerprint density at radius 2 is 2.05 bits per heavy atom. The molecular formula is C13H18ClNO5S. The van der Waals surface area contributed by atoms with Gasteiger partial charge in [0, 0.05) is 23.4 Å². The van der Waals surface area contributed by atoms with Gasteiger partial charge in [-0.15, -0.1) is 0 Å². The van der Waals surface area contributed by atoms with Crippen LogP contribution in [0, 0.1) is 0 Å². The van der Waals surface area contributed by atoms with E-state index in [2.05, 4.69) is 4.18 Å². The highest BCUT2D eigenvalue weighted by Crippen LogP contribution is 2.42. The smallest absolute Gasteiger partial charge is 0.333 e. The van der Waals surface area contributed by atoms with Crippen molar-refractivity contribution in [2.75, 3.05) is 6.61 Å². The van der Waals surface area contributed by atoms with Gasteiger partial charge in [-0.25, -0.2) is 5.14 Å². The summed E-state index contributed by atoms with van der Waals surface area (Å²) in [5, 5.41) is 5.37. The first kappa shape index (κ1) is 16.5. The summed E-state index contributed by atoms with van der Waals surface area (Å²) in [5.41, 5.74) is 0.642. The maximum absolute atomic E-state index is 11.0. The largest absolute Gasteiger partial charge is 0.462 e. The van der Waals surface area contributed by atoms with Crippen molar-refractivity contribution < 1.29 is 22.1 Å². The maximum atomic E-state index is 11.0. The van der Waals surface area contributed by atoms with E-state index in [9.17, 15) is 8.42 Å². The summed E-state index contributed by atoms with van der Waals surface area (Å²) in [6.07, 6.45) is 0.597. The zero-order valence-electron chi connectivity index (χ0n) is 11.8. The Morgan fingerprint density at radius 3 is 2.62 bits per heavy atom. The molecule has 0 radical (unpaired) electrons.